The molecule has 21 heavy (non-hydrogen) atoms. The maximum Gasteiger partial charge on any atom is 0.342 e. The number of carboxylic acids is 1. The van der Waals surface area contributed by atoms with Gasteiger partial charge in [-0.25, -0.2) is 4.79 Å². The number of carboxylic acid groups (broad SMARTS) is 1. The molecular weight excluding hydrogens is 292 g/mol. The summed E-state index contributed by atoms with van der Waals surface area (Å²) in [5.41, 5.74) is -0.130. The van der Waals surface area contributed by atoms with Crippen LogP contribution < -0.4 is 5.32 Å². The molecule has 0 aliphatic carbocycles. The second kappa shape index (κ2) is 7.31. The van der Waals surface area contributed by atoms with E-state index in [2.05, 4.69) is 19.2 Å². The Morgan fingerprint density at radius 2 is 2.05 bits per heavy atom. The monoisotopic (exact) mass is 312 g/mol. The molecule has 0 heterocycles. The average molecular weight is 312 g/mol. The standard InChI is InChI=1S/C14H20N2O4S/c1-4-14(5-2,21-3)9-15-10-6-7-11(13(17)18)12(8-10)16(19)20/h6-8,15H,4-5,9H2,1-3H3,(H,17,18). The number of benzene rings is 1. The number of hydrogen-bond acceptors (Lipinski definition) is 5. The molecule has 2 N–H and O–H groups in total. The number of rotatable bonds is 8. The number of nitrogens with one attached hydrogen (secondary N) is 1. The van der Waals surface area contributed by atoms with Crippen LogP contribution in [0.4, 0.5) is 11.4 Å². The van der Waals surface area contributed by atoms with Crippen molar-refractivity contribution in [2.45, 2.75) is 31.4 Å². The van der Waals surface area contributed by atoms with Gasteiger partial charge in [-0.1, -0.05) is 13.8 Å². The third-order valence-corrected chi connectivity index (χ3v) is 5.35. The van der Waals surface area contributed by atoms with E-state index in [4.69, 9.17) is 5.11 Å². The number of anilines is 1. The molecule has 0 fully saturated rings. The van der Waals surface area contributed by atoms with E-state index in [1.807, 2.05) is 6.26 Å². The summed E-state index contributed by atoms with van der Waals surface area (Å²) in [6.07, 6.45) is 4.00. The van der Waals surface area contributed by atoms with Crippen LogP contribution in [-0.4, -0.2) is 33.5 Å². The SMILES string of the molecule is CCC(CC)(CNc1ccc(C(=O)O)c([N+](=O)[O-])c1)SC. The minimum absolute atomic E-state index is 0.0697. The highest BCUT2D eigenvalue weighted by atomic mass is 32.2. The second-order valence-electron chi connectivity index (χ2n) is 4.74. The Balaban J connectivity index is 2.98. The van der Waals surface area contributed by atoms with Crippen molar-refractivity contribution in [2.75, 3.05) is 18.1 Å². The van der Waals surface area contributed by atoms with Crippen molar-refractivity contribution < 1.29 is 14.8 Å². The largest absolute Gasteiger partial charge is 0.477 e. The molecule has 0 saturated heterocycles. The van der Waals surface area contributed by atoms with Gasteiger partial charge in [-0.3, -0.25) is 10.1 Å². The lowest BCUT2D eigenvalue weighted by Crippen LogP contribution is -2.32. The van der Waals surface area contributed by atoms with E-state index >= 15 is 0 Å². The van der Waals surface area contributed by atoms with E-state index in [0.717, 1.165) is 12.8 Å². The van der Waals surface area contributed by atoms with E-state index in [-0.39, 0.29) is 10.3 Å². The van der Waals surface area contributed by atoms with Gasteiger partial charge in [0.2, 0.25) is 0 Å². The molecule has 0 aromatic heterocycles. The van der Waals surface area contributed by atoms with Crippen molar-refractivity contribution in [3.8, 4) is 0 Å². The summed E-state index contributed by atoms with van der Waals surface area (Å²) < 4.78 is 0.0697. The van der Waals surface area contributed by atoms with Crippen LogP contribution in [0, 0.1) is 10.1 Å². The van der Waals surface area contributed by atoms with E-state index in [0.29, 0.717) is 12.2 Å². The van der Waals surface area contributed by atoms with Crippen molar-refractivity contribution in [1.82, 2.24) is 0 Å². The van der Waals surface area contributed by atoms with Crippen LogP contribution in [-0.2, 0) is 0 Å². The first-order valence-corrected chi connectivity index (χ1v) is 7.92. The van der Waals surface area contributed by atoms with Crippen LogP contribution in [0.1, 0.15) is 37.0 Å². The zero-order valence-corrected chi connectivity index (χ0v) is 13.2. The van der Waals surface area contributed by atoms with Crippen LogP contribution in [0.25, 0.3) is 0 Å². The van der Waals surface area contributed by atoms with E-state index in [1.165, 1.54) is 12.1 Å². The fourth-order valence-corrected chi connectivity index (χ4v) is 2.89. The predicted molar refractivity (Wildman–Crippen MR) is 85.4 cm³/mol. The molecule has 0 atom stereocenters. The fraction of sp³-hybridized carbons (Fsp3) is 0.500. The first-order chi connectivity index (χ1) is 9.89. The van der Waals surface area contributed by atoms with E-state index in [9.17, 15) is 14.9 Å². The second-order valence-corrected chi connectivity index (χ2v) is 6.02. The molecule has 1 rings (SSSR count). The lowest BCUT2D eigenvalue weighted by atomic mass is 10.0. The maximum atomic E-state index is 11.0. The van der Waals surface area contributed by atoms with Crippen molar-refractivity contribution in [3.05, 3.63) is 33.9 Å². The zero-order valence-electron chi connectivity index (χ0n) is 12.4. The Hall–Kier alpha value is -1.76. The molecule has 0 spiro atoms. The Kier molecular flexibility index (Phi) is 6.02. The fourth-order valence-electron chi connectivity index (χ4n) is 2.10. The molecule has 1 aromatic carbocycles. The molecule has 6 nitrogen and oxygen atoms in total. The van der Waals surface area contributed by atoms with Gasteiger partial charge in [0.05, 0.1) is 4.92 Å². The number of nitro groups is 1. The summed E-state index contributed by atoms with van der Waals surface area (Å²) >= 11 is 1.76. The Labute approximate surface area is 128 Å². The van der Waals surface area contributed by atoms with Gasteiger partial charge in [0.25, 0.3) is 5.69 Å². The number of nitrogens with zero attached hydrogens (tertiary/aromatic N) is 1. The van der Waals surface area contributed by atoms with Crippen LogP contribution in [0.15, 0.2) is 18.2 Å². The predicted octanol–water partition coefficient (Wildman–Crippen LogP) is 3.63. The number of hydrogen-bond donors (Lipinski definition) is 2. The summed E-state index contributed by atoms with van der Waals surface area (Å²) in [6.45, 7) is 4.89. The van der Waals surface area contributed by atoms with Gasteiger partial charge in [-0.05, 0) is 31.2 Å². The molecule has 0 aliphatic heterocycles. The van der Waals surface area contributed by atoms with Gasteiger partial charge in [-0.15, -0.1) is 0 Å². The summed E-state index contributed by atoms with van der Waals surface area (Å²) in [7, 11) is 0. The molecule has 0 aliphatic rings. The van der Waals surface area contributed by atoms with Gasteiger partial charge in [-0.2, -0.15) is 11.8 Å². The molecule has 0 saturated carbocycles. The van der Waals surface area contributed by atoms with Gasteiger partial charge in [0.15, 0.2) is 0 Å². The molecule has 0 amide bonds. The average Bonchev–Trinajstić information content (AvgIpc) is 2.48. The minimum Gasteiger partial charge on any atom is -0.477 e. The number of thioether (sulfide) groups is 1. The first kappa shape index (κ1) is 17.3. The summed E-state index contributed by atoms with van der Waals surface area (Å²) in [4.78, 5) is 21.3. The van der Waals surface area contributed by atoms with Crippen LogP contribution in [0.3, 0.4) is 0 Å². The Morgan fingerprint density at radius 3 is 2.48 bits per heavy atom. The lowest BCUT2D eigenvalue weighted by molar-refractivity contribution is -0.385. The molecule has 7 heteroatoms. The first-order valence-electron chi connectivity index (χ1n) is 6.70. The molecular formula is C14H20N2O4S. The number of nitro benzene ring substituents is 1. The third kappa shape index (κ3) is 4.10. The Morgan fingerprint density at radius 1 is 1.43 bits per heavy atom. The summed E-state index contributed by atoms with van der Waals surface area (Å²) in [6, 6.07) is 4.11. The highest BCUT2D eigenvalue weighted by Crippen LogP contribution is 2.31. The number of carbonyl (C=O) groups is 1. The van der Waals surface area contributed by atoms with E-state index < -0.39 is 16.6 Å². The van der Waals surface area contributed by atoms with Crippen molar-refractivity contribution in [1.29, 1.82) is 0 Å². The van der Waals surface area contributed by atoms with Crippen molar-refractivity contribution in [2.24, 2.45) is 0 Å². The maximum absolute atomic E-state index is 11.0. The number of aromatic carboxylic acids is 1. The molecule has 1 aromatic rings. The van der Waals surface area contributed by atoms with Crippen molar-refractivity contribution in [3.63, 3.8) is 0 Å². The van der Waals surface area contributed by atoms with Gasteiger partial charge >= 0.3 is 5.97 Å². The minimum atomic E-state index is -1.30. The molecule has 0 bridgehead atoms. The smallest absolute Gasteiger partial charge is 0.342 e. The molecule has 0 radical (unpaired) electrons. The lowest BCUT2D eigenvalue weighted by Gasteiger charge is -2.30. The van der Waals surface area contributed by atoms with Gasteiger partial charge < -0.3 is 10.4 Å². The summed E-state index contributed by atoms with van der Waals surface area (Å²) in [5.74, 6) is -1.30. The third-order valence-electron chi connectivity index (χ3n) is 3.76. The normalized spacial score (nSPS) is 11.2. The topological polar surface area (TPSA) is 92.5 Å². The van der Waals surface area contributed by atoms with Crippen LogP contribution >= 0.6 is 11.8 Å². The zero-order chi connectivity index (χ0) is 16.0. The molecule has 116 valence electrons. The summed E-state index contributed by atoms with van der Waals surface area (Å²) in [5, 5.41) is 23.1. The highest BCUT2D eigenvalue weighted by molar-refractivity contribution is 8.00. The van der Waals surface area contributed by atoms with Crippen molar-refractivity contribution >= 4 is 29.1 Å². The molecule has 0 unspecified atom stereocenters. The van der Waals surface area contributed by atoms with E-state index in [1.54, 1.807) is 17.8 Å². The Bertz CT molecular complexity index is 521. The quantitative estimate of drug-likeness (QED) is 0.562. The van der Waals surface area contributed by atoms with Gasteiger partial charge in [0, 0.05) is 23.0 Å². The van der Waals surface area contributed by atoms with Crippen LogP contribution in [0.2, 0.25) is 0 Å². The van der Waals surface area contributed by atoms with Gasteiger partial charge in [0.1, 0.15) is 5.56 Å². The van der Waals surface area contributed by atoms with Crippen LogP contribution in [0.5, 0.6) is 0 Å². The highest BCUT2D eigenvalue weighted by Gasteiger charge is 2.25.